The highest BCUT2D eigenvalue weighted by Gasteiger charge is 2.15. The molecule has 0 aliphatic heterocycles. The van der Waals surface area contributed by atoms with Gasteiger partial charge in [-0.3, -0.25) is 9.59 Å². The highest BCUT2D eigenvalue weighted by atomic mass is 32.1. The smallest absolute Gasteiger partial charge is 0.307 e. The molecule has 4 nitrogen and oxygen atoms in total. The van der Waals surface area contributed by atoms with Crippen LogP contribution in [0.2, 0.25) is 0 Å². The van der Waals surface area contributed by atoms with Crippen molar-refractivity contribution in [1.29, 1.82) is 0 Å². The number of hydrogen-bond acceptors (Lipinski definition) is 4. The normalized spacial score (nSPS) is 10.4. The number of carbonyl (C=O) groups is 2. The summed E-state index contributed by atoms with van der Waals surface area (Å²) < 4.78 is 4.65. The molecule has 0 unspecified atom stereocenters. The van der Waals surface area contributed by atoms with Crippen LogP contribution in [0.4, 0.5) is 0 Å². The number of rotatable bonds is 10. The van der Waals surface area contributed by atoms with Crippen molar-refractivity contribution in [2.75, 3.05) is 20.2 Å². The van der Waals surface area contributed by atoms with E-state index in [1.165, 1.54) is 20.0 Å². The maximum atomic E-state index is 12.4. The van der Waals surface area contributed by atoms with Gasteiger partial charge in [-0.15, -0.1) is 11.3 Å². The molecule has 1 heterocycles. The Morgan fingerprint density at radius 2 is 2.05 bits per heavy atom. The lowest BCUT2D eigenvalue weighted by Crippen LogP contribution is -2.35. The first-order chi connectivity index (χ1) is 10.2. The van der Waals surface area contributed by atoms with Crippen LogP contribution in [-0.4, -0.2) is 37.0 Å². The van der Waals surface area contributed by atoms with Gasteiger partial charge in [-0.1, -0.05) is 32.3 Å². The molecule has 5 heteroatoms. The van der Waals surface area contributed by atoms with E-state index < -0.39 is 0 Å². The van der Waals surface area contributed by atoms with Gasteiger partial charge in [0.2, 0.25) is 5.91 Å². The van der Waals surface area contributed by atoms with E-state index >= 15 is 0 Å². The van der Waals surface area contributed by atoms with Gasteiger partial charge >= 0.3 is 5.97 Å². The SMILES string of the molecule is CCCCCCN(CCC(=O)OC)C(=O)Cc1cccs1. The molecule has 1 rings (SSSR count). The Morgan fingerprint density at radius 1 is 1.24 bits per heavy atom. The van der Waals surface area contributed by atoms with Gasteiger partial charge < -0.3 is 9.64 Å². The molecular weight excluding hydrogens is 286 g/mol. The molecule has 0 radical (unpaired) electrons. The lowest BCUT2D eigenvalue weighted by Gasteiger charge is -2.22. The summed E-state index contributed by atoms with van der Waals surface area (Å²) in [5.41, 5.74) is 0. The molecule has 0 atom stereocenters. The summed E-state index contributed by atoms with van der Waals surface area (Å²) in [7, 11) is 1.38. The van der Waals surface area contributed by atoms with Crippen molar-refractivity contribution < 1.29 is 14.3 Å². The summed E-state index contributed by atoms with van der Waals surface area (Å²) >= 11 is 1.59. The largest absolute Gasteiger partial charge is 0.469 e. The van der Waals surface area contributed by atoms with E-state index in [0.717, 1.165) is 24.3 Å². The number of unbranched alkanes of at least 4 members (excludes halogenated alkanes) is 3. The number of carbonyl (C=O) groups excluding carboxylic acids is 2. The van der Waals surface area contributed by atoms with E-state index in [0.29, 0.717) is 13.0 Å². The zero-order valence-corrected chi connectivity index (χ0v) is 13.8. The first kappa shape index (κ1) is 17.7. The molecule has 0 aliphatic rings. The van der Waals surface area contributed by atoms with Gasteiger partial charge in [-0.25, -0.2) is 0 Å². The second-order valence-corrected chi connectivity index (χ2v) is 6.06. The first-order valence-electron chi connectivity index (χ1n) is 7.54. The number of amides is 1. The van der Waals surface area contributed by atoms with E-state index in [9.17, 15) is 9.59 Å². The molecule has 1 aromatic heterocycles. The average Bonchev–Trinajstić information content (AvgIpc) is 2.98. The van der Waals surface area contributed by atoms with Crippen LogP contribution in [-0.2, 0) is 20.7 Å². The van der Waals surface area contributed by atoms with Crippen LogP contribution in [0.3, 0.4) is 0 Å². The Labute approximate surface area is 131 Å². The second-order valence-electron chi connectivity index (χ2n) is 5.02. The summed E-state index contributed by atoms with van der Waals surface area (Å²) in [6.07, 6.45) is 5.16. The predicted molar refractivity (Wildman–Crippen MR) is 85.4 cm³/mol. The molecule has 1 aromatic rings. The Kier molecular flexibility index (Phi) is 8.74. The molecule has 0 fully saturated rings. The number of thiophene rings is 1. The van der Waals surface area contributed by atoms with E-state index in [1.54, 1.807) is 16.2 Å². The Morgan fingerprint density at radius 3 is 2.67 bits per heavy atom. The lowest BCUT2D eigenvalue weighted by atomic mass is 10.2. The van der Waals surface area contributed by atoms with Gasteiger partial charge in [0.15, 0.2) is 0 Å². The summed E-state index contributed by atoms with van der Waals surface area (Å²) in [6.45, 7) is 3.33. The molecule has 0 N–H and O–H groups in total. The van der Waals surface area contributed by atoms with E-state index in [-0.39, 0.29) is 18.3 Å². The van der Waals surface area contributed by atoms with Crippen LogP contribution in [0.15, 0.2) is 17.5 Å². The van der Waals surface area contributed by atoms with Gasteiger partial charge in [0, 0.05) is 18.0 Å². The molecule has 0 spiro atoms. The Bertz CT molecular complexity index is 417. The number of esters is 1. The number of methoxy groups -OCH3 is 1. The van der Waals surface area contributed by atoms with Gasteiger partial charge in [0.25, 0.3) is 0 Å². The van der Waals surface area contributed by atoms with Crippen LogP contribution in [0.1, 0.15) is 43.9 Å². The Hall–Kier alpha value is -1.36. The van der Waals surface area contributed by atoms with Crippen molar-refractivity contribution in [2.24, 2.45) is 0 Å². The monoisotopic (exact) mass is 311 g/mol. The Balaban J connectivity index is 2.48. The minimum Gasteiger partial charge on any atom is -0.469 e. The number of nitrogens with zero attached hydrogens (tertiary/aromatic N) is 1. The van der Waals surface area contributed by atoms with Crippen molar-refractivity contribution in [1.82, 2.24) is 4.90 Å². The fraction of sp³-hybridized carbons (Fsp3) is 0.625. The minimum atomic E-state index is -0.266. The minimum absolute atomic E-state index is 0.0952. The highest BCUT2D eigenvalue weighted by molar-refractivity contribution is 7.10. The van der Waals surface area contributed by atoms with E-state index in [2.05, 4.69) is 11.7 Å². The van der Waals surface area contributed by atoms with E-state index in [1.807, 2.05) is 17.5 Å². The summed E-state index contributed by atoms with van der Waals surface area (Å²) in [6, 6.07) is 3.92. The van der Waals surface area contributed by atoms with Crippen molar-refractivity contribution in [3.8, 4) is 0 Å². The van der Waals surface area contributed by atoms with Crippen molar-refractivity contribution in [3.63, 3.8) is 0 Å². The van der Waals surface area contributed by atoms with Crippen molar-refractivity contribution in [2.45, 2.75) is 45.4 Å². The fourth-order valence-corrected chi connectivity index (χ4v) is 2.79. The molecule has 118 valence electrons. The maximum absolute atomic E-state index is 12.4. The predicted octanol–water partition coefficient (Wildman–Crippen LogP) is 3.26. The topological polar surface area (TPSA) is 46.6 Å². The molecule has 1 amide bonds. The molecular formula is C16H25NO3S. The summed E-state index contributed by atoms with van der Waals surface area (Å²) in [5.74, 6) is -0.171. The standard InChI is InChI=1S/C16H25NO3S/c1-3-4-5-6-10-17(11-9-16(19)20-2)15(18)13-14-8-7-12-21-14/h7-8,12H,3-6,9-11,13H2,1-2H3. The molecule has 0 saturated carbocycles. The quantitative estimate of drug-likeness (QED) is 0.492. The van der Waals surface area contributed by atoms with Crippen LogP contribution in [0.25, 0.3) is 0 Å². The van der Waals surface area contributed by atoms with Crippen LogP contribution >= 0.6 is 11.3 Å². The third-order valence-electron chi connectivity index (χ3n) is 3.35. The third kappa shape index (κ3) is 7.27. The maximum Gasteiger partial charge on any atom is 0.307 e. The first-order valence-corrected chi connectivity index (χ1v) is 8.42. The van der Waals surface area contributed by atoms with E-state index in [4.69, 9.17) is 0 Å². The zero-order chi connectivity index (χ0) is 15.5. The molecule has 0 bridgehead atoms. The van der Waals surface area contributed by atoms with Gasteiger partial charge in [-0.2, -0.15) is 0 Å². The van der Waals surface area contributed by atoms with Crippen LogP contribution in [0, 0.1) is 0 Å². The van der Waals surface area contributed by atoms with Gasteiger partial charge in [-0.05, 0) is 17.9 Å². The average molecular weight is 311 g/mol. The molecule has 21 heavy (non-hydrogen) atoms. The third-order valence-corrected chi connectivity index (χ3v) is 4.23. The van der Waals surface area contributed by atoms with Crippen LogP contribution < -0.4 is 0 Å². The summed E-state index contributed by atoms with van der Waals surface area (Å²) in [5, 5.41) is 1.97. The molecule has 0 aromatic carbocycles. The summed E-state index contributed by atoms with van der Waals surface area (Å²) in [4.78, 5) is 26.5. The number of ether oxygens (including phenoxy) is 1. The fourth-order valence-electron chi connectivity index (χ4n) is 2.09. The molecule has 0 saturated heterocycles. The van der Waals surface area contributed by atoms with Crippen molar-refractivity contribution in [3.05, 3.63) is 22.4 Å². The lowest BCUT2D eigenvalue weighted by molar-refractivity contribution is -0.141. The number of hydrogen-bond donors (Lipinski definition) is 0. The zero-order valence-electron chi connectivity index (χ0n) is 13.0. The van der Waals surface area contributed by atoms with Crippen molar-refractivity contribution >= 4 is 23.2 Å². The van der Waals surface area contributed by atoms with Gasteiger partial charge in [0.1, 0.15) is 0 Å². The van der Waals surface area contributed by atoms with Gasteiger partial charge in [0.05, 0.1) is 20.0 Å². The molecule has 0 aliphatic carbocycles. The highest BCUT2D eigenvalue weighted by Crippen LogP contribution is 2.12. The second kappa shape index (κ2) is 10.4. The van der Waals surface area contributed by atoms with Crippen LogP contribution in [0.5, 0.6) is 0 Å².